The van der Waals surface area contributed by atoms with Crippen molar-refractivity contribution in [2.75, 3.05) is 6.54 Å². The number of aryl methyl sites for hydroxylation is 1. The van der Waals surface area contributed by atoms with Crippen molar-refractivity contribution in [1.29, 1.82) is 0 Å². The third-order valence-corrected chi connectivity index (χ3v) is 9.83. The first kappa shape index (κ1) is 30.6. The van der Waals surface area contributed by atoms with Gasteiger partial charge in [-0.15, -0.1) is 0 Å². The van der Waals surface area contributed by atoms with Crippen LogP contribution < -0.4 is 14.8 Å². The number of nitrogens with one attached hydrogen (secondary N) is 1. The fraction of sp³-hybridized carbons (Fsp3) is 0.676. The lowest BCUT2D eigenvalue weighted by atomic mass is 9.85. The van der Waals surface area contributed by atoms with Gasteiger partial charge in [-0.2, -0.15) is 0 Å². The molecule has 0 unspecified atom stereocenters. The van der Waals surface area contributed by atoms with Gasteiger partial charge in [-0.3, -0.25) is 4.79 Å². The molecule has 4 aliphatic rings. The number of rotatable bonds is 4. The summed E-state index contributed by atoms with van der Waals surface area (Å²) in [7, 11) is 0. The van der Waals surface area contributed by atoms with Gasteiger partial charge in [0.05, 0.1) is 29.7 Å². The number of carbonyl (C=O) groups excluding carboxylic acids is 3. The molecule has 44 heavy (non-hydrogen) atoms. The summed E-state index contributed by atoms with van der Waals surface area (Å²) >= 11 is 0. The second-order valence-electron chi connectivity index (χ2n) is 14.4. The van der Waals surface area contributed by atoms with Crippen LogP contribution in [-0.2, 0) is 20.7 Å². The van der Waals surface area contributed by atoms with Gasteiger partial charge in [-0.1, -0.05) is 40.5 Å². The van der Waals surface area contributed by atoms with Crippen LogP contribution in [0.5, 0.6) is 11.6 Å². The van der Waals surface area contributed by atoms with Crippen molar-refractivity contribution in [3.8, 4) is 11.6 Å². The maximum atomic E-state index is 14.1. The summed E-state index contributed by atoms with van der Waals surface area (Å²) in [6.45, 7) is 9.88. The van der Waals surface area contributed by atoms with Crippen LogP contribution in [0.1, 0.15) is 91.7 Å². The zero-order chi connectivity index (χ0) is 31.2. The van der Waals surface area contributed by atoms with Crippen molar-refractivity contribution in [3.63, 3.8) is 0 Å². The molecule has 238 valence electrons. The van der Waals surface area contributed by atoms with Gasteiger partial charge >= 0.3 is 6.09 Å². The van der Waals surface area contributed by atoms with Crippen LogP contribution in [0.15, 0.2) is 18.2 Å². The minimum absolute atomic E-state index is 0.202. The molecule has 2 saturated carbocycles. The number of hydrogen-bond donors (Lipinski definition) is 1. The summed E-state index contributed by atoms with van der Waals surface area (Å²) < 4.78 is 18.6. The molecule has 6 rings (SSSR count). The van der Waals surface area contributed by atoms with Crippen molar-refractivity contribution in [2.45, 2.75) is 122 Å². The Morgan fingerprint density at radius 2 is 1.91 bits per heavy atom. The van der Waals surface area contributed by atoms with E-state index in [1.165, 1.54) is 0 Å². The largest absolute Gasteiger partial charge is 0.490 e. The Morgan fingerprint density at radius 3 is 2.61 bits per heavy atom. The normalized spacial score (nSPS) is 31.5. The number of nitrogens with zero attached hydrogens (tertiary/aromatic N) is 3. The number of hydrogen-bond acceptors (Lipinski definition) is 8. The summed E-state index contributed by atoms with van der Waals surface area (Å²) in [5.74, 6) is 0.958. The summed E-state index contributed by atoms with van der Waals surface area (Å²) in [4.78, 5) is 51.3. The molecule has 3 heterocycles. The van der Waals surface area contributed by atoms with Crippen LogP contribution in [0.3, 0.4) is 0 Å². The zero-order valence-electron chi connectivity index (χ0n) is 26.6. The molecule has 10 nitrogen and oxygen atoms in total. The van der Waals surface area contributed by atoms with Crippen LogP contribution in [0, 0.1) is 17.3 Å². The van der Waals surface area contributed by atoms with E-state index < -0.39 is 35.3 Å². The fourth-order valence-corrected chi connectivity index (χ4v) is 6.85. The lowest BCUT2D eigenvalue weighted by Crippen LogP contribution is -2.56. The standard InChI is InChI=1S/C34H46N4O6/c1-6-23-27(19-39)38-18-28(23)43-30-25(35-24-15-14-22(16-26(24)36-30)42-21-12-13-21)11-9-7-8-10-20-17-34(20,5)44-32(41)37-29(31(38)40)33(2,3)4/h14-16,19-21,23,27-29H,6-13,17-18H2,1-5H3,(H,37,41)/t20-,23+,27-,28+,29-,34-/m1/s1. The van der Waals surface area contributed by atoms with Gasteiger partial charge in [0.1, 0.15) is 35.5 Å². The molecular formula is C34H46N4O6. The van der Waals surface area contributed by atoms with Crippen molar-refractivity contribution in [1.82, 2.24) is 20.2 Å². The van der Waals surface area contributed by atoms with E-state index in [1.807, 2.05) is 52.8 Å². The second-order valence-corrected chi connectivity index (χ2v) is 14.4. The highest BCUT2D eigenvalue weighted by atomic mass is 16.6. The van der Waals surface area contributed by atoms with Gasteiger partial charge in [-0.05, 0) is 69.4 Å². The molecule has 2 aliphatic carbocycles. The number of aldehydes is 1. The third-order valence-electron chi connectivity index (χ3n) is 9.83. The molecule has 1 N–H and O–H groups in total. The molecule has 1 aromatic carbocycles. The molecule has 1 saturated heterocycles. The number of benzene rings is 1. The van der Waals surface area contributed by atoms with Gasteiger partial charge in [0.2, 0.25) is 11.8 Å². The predicted molar refractivity (Wildman–Crippen MR) is 164 cm³/mol. The van der Waals surface area contributed by atoms with E-state index in [2.05, 4.69) is 5.32 Å². The van der Waals surface area contributed by atoms with Crippen molar-refractivity contribution < 1.29 is 28.6 Å². The van der Waals surface area contributed by atoms with Gasteiger partial charge < -0.3 is 29.2 Å². The van der Waals surface area contributed by atoms with Gasteiger partial charge in [-0.25, -0.2) is 14.8 Å². The fourth-order valence-electron chi connectivity index (χ4n) is 6.85. The van der Waals surface area contributed by atoms with E-state index in [4.69, 9.17) is 24.2 Å². The molecule has 0 spiro atoms. The van der Waals surface area contributed by atoms with Crippen LogP contribution >= 0.6 is 0 Å². The first-order chi connectivity index (χ1) is 21.0. The molecule has 2 aliphatic heterocycles. The van der Waals surface area contributed by atoms with Crippen LogP contribution in [0.25, 0.3) is 11.0 Å². The van der Waals surface area contributed by atoms with Crippen LogP contribution in [0.2, 0.25) is 0 Å². The average molecular weight is 607 g/mol. The minimum Gasteiger partial charge on any atom is -0.490 e. The van der Waals surface area contributed by atoms with E-state index in [-0.39, 0.29) is 24.5 Å². The highest BCUT2D eigenvalue weighted by molar-refractivity contribution is 5.89. The SMILES string of the molecule is CC[C@@H]1[C@@H]2CN(C(=O)[C@H](C(C)(C)C)NC(=O)O[C@]3(C)C[C@H]3CCCCCc3nc4ccc(OC5CC5)cc4nc3O2)[C@@H]1C=O. The van der Waals surface area contributed by atoms with Gasteiger partial charge in [0, 0.05) is 17.9 Å². The third kappa shape index (κ3) is 6.35. The topological polar surface area (TPSA) is 120 Å². The number of aromatic nitrogens is 2. The lowest BCUT2D eigenvalue weighted by molar-refractivity contribution is -0.139. The minimum atomic E-state index is -0.880. The Morgan fingerprint density at radius 1 is 1.11 bits per heavy atom. The molecular weight excluding hydrogens is 560 g/mol. The first-order valence-corrected chi connectivity index (χ1v) is 16.4. The molecule has 0 radical (unpaired) electrons. The maximum Gasteiger partial charge on any atom is 0.408 e. The Kier molecular flexibility index (Phi) is 8.22. The summed E-state index contributed by atoms with van der Waals surface area (Å²) in [6.07, 6.45) is 8.24. The highest BCUT2D eigenvalue weighted by Crippen LogP contribution is 2.49. The number of ether oxygens (including phenoxy) is 3. The molecule has 6 atom stereocenters. The summed E-state index contributed by atoms with van der Waals surface area (Å²) in [6, 6.07) is 4.24. The molecule has 2 aromatic rings. The quantitative estimate of drug-likeness (QED) is 0.460. The highest BCUT2D eigenvalue weighted by Gasteiger charge is 2.54. The summed E-state index contributed by atoms with van der Waals surface area (Å²) in [5.41, 5.74) is 1.13. The van der Waals surface area contributed by atoms with Crippen LogP contribution in [-0.4, -0.2) is 69.6 Å². The van der Waals surface area contributed by atoms with Gasteiger partial charge in [0.25, 0.3) is 0 Å². The van der Waals surface area contributed by atoms with E-state index in [9.17, 15) is 14.4 Å². The molecule has 3 fully saturated rings. The Balaban J connectivity index is 1.35. The maximum absolute atomic E-state index is 14.1. The smallest absolute Gasteiger partial charge is 0.408 e. The Bertz CT molecular complexity index is 1420. The predicted octanol–water partition coefficient (Wildman–Crippen LogP) is 5.39. The Labute approximate surface area is 259 Å². The second kappa shape index (κ2) is 11.8. The van der Waals surface area contributed by atoms with Crippen LogP contribution in [0.4, 0.5) is 4.79 Å². The first-order valence-electron chi connectivity index (χ1n) is 16.4. The number of fused-ring (bicyclic) bond motifs is 5. The van der Waals surface area contributed by atoms with E-state index >= 15 is 0 Å². The number of alkyl carbamates (subject to hydrolysis) is 1. The monoisotopic (exact) mass is 606 g/mol. The van der Waals surface area contributed by atoms with Crippen molar-refractivity contribution in [2.24, 2.45) is 17.3 Å². The van der Waals surface area contributed by atoms with Crippen molar-refractivity contribution >= 4 is 29.3 Å². The Hall–Kier alpha value is -3.43. The van der Waals surface area contributed by atoms with Crippen molar-refractivity contribution in [3.05, 3.63) is 23.9 Å². The number of amides is 2. The molecule has 2 amide bonds. The molecule has 2 bridgehead atoms. The molecule has 1 aromatic heterocycles. The summed E-state index contributed by atoms with van der Waals surface area (Å²) in [5, 5.41) is 2.87. The average Bonchev–Trinajstić information content (AvgIpc) is 3.87. The van der Waals surface area contributed by atoms with E-state index in [1.54, 1.807) is 4.90 Å². The van der Waals surface area contributed by atoms with E-state index in [0.29, 0.717) is 30.2 Å². The van der Waals surface area contributed by atoms with Gasteiger partial charge in [0.15, 0.2) is 0 Å². The lowest BCUT2D eigenvalue weighted by Gasteiger charge is -2.35. The number of carbonyl (C=O) groups is 3. The van der Waals surface area contributed by atoms with E-state index in [0.717, 1.165) is 68.2 Å². The molecule has 10 heteroatoms. The zero-order valence-corrected chi connectivity index (χ0v) is 26.6.